The maximum atomic E-state index is 6.87. The van der Waals surface area contributed by atoms with Gasteiger partial charge in [-0.15, -0.1) is 0 Å². The van der Waals surface area contributed by atoms with E-state index in [-0.39, 0.29) is 12.0 Å². The Bertz CT molecular complexity index is 3220. The van der Waals surface area contributed by atoms with Crippen LogP contribution in [-0.4, -0.2) is 19.5 Å². The number of aromatic nitrogens is 4. The fraction of sp³-hybridized carbons (Fsp3) is 0.0392. The van der Waals surface area contributed by atoms with Crippen LogP contribution in [0, 0.1) is 0 Å². The Morgan fingerprint density at radius 3 is 2.00 bits per heavy atom. The molecule has 10 aromatic rings. The van der Waals surface area contributed by atoms with Gasteiger partial charge < -0.3 is 13.7 Å². The average molecular weight is 733 g/mol. The monoisotopic (exact) mass is 732 g/mol. The van der Waals surface area contributed by atoms with Gasteiger partial charge in [0.25, 0.3) is 0 Å². The number of hydrogen-bond acceptors (Lipinski definition) is 5. The van der Waals surface area contributed by atoms with Crippen molar-refractivity contribution in [3.63, 3.8) is 0 Å². The van der Waals surface area contributed by atoms with Crippen molar-refractivity contribution in [2.45, 2.75) is 12.0 Å². The van der Waals surface area contributed by atoms with Crippen LogP contribution in [0.1, 0.15) is 28.8 Å². The molecule has 268 valence electrons. The van der Waals surface area contributed by atoms with E-state index in [9.17, 15) is 0 Å². The van der Waals surface area contributed by atoms with Crippen LogP contribution in [0.3, 0.4) is 0 Å². The minimum atomic E-state index is -0.162. The highest BCUT2D eigenvalue weighted by atomic mass is 16.5. The number of benzene rings is 7. The van der Waals surface area contributed by atoms with Crippen molar-refractivity contribution in [3.05, 3.63) is 193 Å². The van der Waals surface area contributed by atoms with Gasteiger partial charge in [0.15, 0.2) is 17.5 Å². The largest absolute Gasteiger partial charge is 0.484 e. The second-order valence-corrected chi connectivity index (χ2v) is 14.7. The van der Waals surface area contributed by atoms with Gasteiger partial charge in [-0.3, -0.25) is 0 Å². The number of hydrogen-bond donors (Lipinski definition) is 0. The molecule has 0 N–H and O–H groups in total. The van der Waals surface area contributed by atoms with Crippen LogP contribution in [0.5, 0.6) is 5.75 Å². The molecule has 0 bridgehead atoms. The highest BCUT2D eigenvalue weighted by molar-refractivity contribution is 6.11. The third kappa shape index (κ3) is 5.00. The second-order valence-electron chi connectivity index (χ2n) is 14.7. The summed E-state index contributed by atoms with van der Waals surface area (Å²) < 4.78 is 15.5. The summed E-state index contributed by atoms with van der Waals surface area (Å²) in [6.45, 7) is 0. The van der Waals surface area contributed by atoms with Gasteiger partial charge in [-0.25, -0.2) is 15.0 Å². The van der Waals surface area contributed by atoms with E-state index >= 15 is 0 Å². The summed E-state index contributed by atoms with van der Waals surface area (Å²) in [6, 6.07) is 58.6. The predicted octanol–water partition coefficient (Wildman–Crippen LogP) is 12.6. The van der Waals surface area contributed by atoms with Crippen LogP contribution in [-0.2, 0) is 0 Å². The topological polar surface area (TPSA) is 66.0 Å². The summed E-state index contributed by atoms with van der Waals surface area (Å²) in [5.74, 6) is 2.69. The molecule has 57 heavy (non-hydrogen) atoms. The van der Waals surface area contributed by atoms with E-state index in [1.165, 1.54) is 16.5 Å². The van der Waals surface area contributed by atoms with E-state index < -0.39 is 0 Å². The molecule has 0 spiro atoms. The summed E-state index contributed by atoms with van der Waals surface area (Å²) >= 11 is 0. The van der Waals surface area contributed by atoms with E-state index in [4.69, 9.17) is 24.1 Å². The van der Waals surface area contributed by atoms with Crippen LogP contribution in [0.4, 0.5) is 0 Å². The molecule has 0 amide bonds. The Morgan fingerprint density at radius 2 is 1.16 bits per heavy atom. The molecule has 1 aliphatic carbocycles. The van der Waals surface area contributed by atoms with Crippen LogP contribution in [0.25, 0.3) is 89.9 Å². The van der Waals surface area contributed by atoms with Crippen molar-refractivity contribution in [1.82, 2.24) is 19.5 Å². The van der Waals surface area contributed by atoms with Gasteiger partial charge in [-0.2, -0.15) is 0 Å². The van der Waals surface area contributed by atoms with Crippen LogP contribution in [0.15, 0.2) is 180 Å². The van der Waals surface area contributed by atoms with E-state index in [1.807, 2.05) is 36.4 Å². The SMILES string of the molecule is C1=CC2c3cc(-c4nc(-c5ccc(-c6ccccc6)cc5)nc(-c5cccc6oc7ccccc7c56)n4)ccc3OC2c2c1n(-c1ccccc1)c1ccccc21. The lowest BCUT2D eigenvalue weighted by atomic mass is 9.85. The quantitative estimate of drug-likeness (QED) is 0.176. The Morgan fingerprint density at radius 1 is 0.509 bits per heavy atom. The summed E-state index contributed by atoms with van der Waals surface area (Å²) in [6.07, 6.45) is 4.40. The molecular weight excluding hydrogens is 701 g/mol. The minimum absolute atomic E-state index is 0.0276. The van der Waals surface area contributed by atoms with Gasteiger partial charge in [-0.05, 0) is 65.7 Å². The lowest BCUT2D eigenvalue weighted by molar-refractivity contribution is 0.224. The summed E-state index contributed by atoms with van der Waals surface area (Å²) in [4.78, 5) is 15.5. The van der Waals surface area contributed by atoms with E-state index in [1.54, 1.807) is 0 Å². The molecule has 2 aliphatic rings. The number of rotatable bonds is 5. The van der Waals surface area contributed by atoms with Crippen molar-refractivity contribution < 1.29 is 9.15 Å². The molecule has 12 rings (SSSR count). The van der Waals surface area contributed by atoms with Gasteiger partial charge in [0, 0.05) is 55.6 Å². The molecule has 6 nitrogen and oxygen atoms in total. The number of para-hydroxylation sites is 3. The Labute approximate surface area is 328 Å². The van der Waals surface area contributed by atoms with Crippen molar-refractivity contribution in [2.24, 2.45) is 0 Å². The molecule has 3 aromatic heterocycles. The first kappa shape index (κ1) is 31.7. The molecule has 7 aromatic carbocycles. The van der Waals surface area contributed by atoms with Crippen LogP contribution in [0.2, 0.25) is 0 Å². The van der Waals surface area contributed by atoms with Crippen molar-refractivity contribution in [3.8, 4) is 56.7 Å². The predicted molar refractivity (Wildman–Crippen MR) is 227 cm³/mol. The second kappa shape index (κ2) is 12.5. The first-order valence-corrected chi connectivity index (χ1v) is 19.3. The van der Waals surface area contributed by atoms with Crippen LogP contribution >= 0.6 is 0 Å². The molecule has 0 saturated carbocycles. The zero-order valence-electron chi connectivity index (χ0n) is 30.6. The number of ether oxygens (including phenoxy) is 1. The standard InChI is InChI=1S/C51H32N4O2/c1-3-12-31(13-4-1)32-22-24-33(25-23-32)49-52-50(54-51(53-49)39-18-11-21-45-46(39)38-17-8-10-20-43(38)56-45)34-26-29-44-40(30-34)36-27-28-42-47(48(36)57-44)37-16-7-9-19-41(37)55(42)35-14-5-2-6-15-35/h1-30,36,48H. The highest BCUT2D eigenvalue weighted by Crippen LogP contribution is 2.53. The Kier molecular flexibility index (Phi) is 6.95. The molecular formula is C51H32N4O2. The van der Waals surface area contributed by atoms with E-state index in [2.05, 4.69) is 150 Å². The summed E-state index contributed by atoms with van der Waals surface area (Å²) in [5.41, 5.74) is 12.4. The van der Waals surface area contributed by atoms with E-state index in [0.717, 1.165) is 72.5 Å². The molecule has 1 aliphatic heterocycles. The third-order valence-corrected chi connectivity index (χ3v) is 11.4. The molecule has 6 heteroatoms. The van der Waals surface area contributed by atoms with Crippen molar-refractivity contribution in [1.29, 1.82) is 0 Å². The van der Waals surface area contributed by atoms with Crippen molar-refractivity contribution in [2.75, 3.05) is 0 Å². The number of fused-ring (bicyclic) bond motifs is 10. The maximum Gasteiger partial charge on any atom is 0.164 e. The third-order valence-electron chi connectivity index (χ3n) is 11.4. The zero-order chi connectivity index (χ0) is 37.5. The highest BCUT2D eigenvalue weighted by Gasteiger charge is 2.40. The maximum absolute atomic E-state index is 6.87. The fourth-order valence-electron chi connectivity index (χ4n) is 8.83. The molecule has 0 saturated heterocycles. The molecule has 4 heterocycles. The molecule has 0 fully saturated rings. The van der Waals surface area contributed by atoms with Crippen LogP contribution < -0.4 is 4.74 Å². The normalized spacial score (nSPS) is 15.4. The van der Waals surface area contributed by atoms with Crippen molar-refractivity contribution >= 4 is 38.9 Å². The van der Waals surface area contributed by atoms with Gasteiger partial charge >= 0.3 is 0 Å². The lowest BCUT2D eigenvalue weighted by Crippen LogP contribution is -2.13. The van der Waals surface area contributed by atoms with Gasteiger partial charge in [0.2, 0.25) is 0 Å². The number of furan rings is 1. The van der Waals surface area contributed by atoms with E-state index in [0.29, 0.717) is 17.5 Å². The lowest BCUT2D eigenvalue weighted by Gasteiger charge is -2.22. The number of nitrogens with zero attached hydrogens (tertiary/aromatic N) is 4. The average Bonchev–Trinajstić information content (AvgIpc) is 3.96. The van der Waals surface area contributed by atoms with Gasteiger partial charge in [-0.1, -0.05) is 127 Å². The molecule has 2 atom stereocenters. The molecule has 2 unspecified atom stereocenters. The molecule has 0 radical (unpaired) electrons. The first-order valence-electron chi connectivity index (χ1n) is 19.3. The summed E-state index contributed by atoms with van der Waals surface area (Å²) in [7, 11) is 0. The minimum Gasteiger partial charge on any atom is -0.484 e. The van der Waals surface area contributed by atoms with Gasteiger partial charge in [0.1, 0.15) is 23.0 Å². The first-order chi connectivity index (χ1) is 28.2. The summed E-state index contributed by atoms with van der Waals surface area (Å²) in [5, 5.41) is 3.21. The smallest absolute Gasteiger partial charge is 0.164 e. The Hall–Kier alpha value is -7.57. The Balaban J connectivity index is 0.998. The van der Waals surface area contributed by atoms with Gasteiger partial charge in [0.05, 0.1) is 11.2 Å². The zero-order valence-corrected chi connectivity index (χ0v) is 30.6. The fourth-order valence-corrected chi connectivity index (χ4v) is 8.83.